The van der Waals surface area contributed by atoms with E-state index < -0.39 is 0 Å². The Bertz CT molecular complexity index is 775. The van der Waals surface area contributed by atoms with Crippen LogP contribution < -0.4 is 28.5 Å². The summed E-state index contributed by atoms with van der Waals surface area (Å²) in [6, 6.07) is 6.17. The van der Waals surface area contributed by atoms with Gasteiger partial charge >= 0.3 is 0 Å². The second-order valence-electron chi connectivity index (χ2n) is 5.40. The molecule has 0 spiro atoms. The molecule has 1 aromatic carbocycles. The Balaban J connectivity index is 0.00000176. The lowest BCUT2D eigenvalue weighted by atomic mass is 10.1. The minimum Gasteiger partial charge on any atom is -1.00 e. The fourth-order valence-electron chi connectivity index (χ4n) is 2.41. The summed E-state index contributed by atoms with van der Waals surface area (Å²) < 4.78 is 9.12. The van der Waals surface area contributed by atoms with Crippen molar-refractivity contribution in [3.63, 3.8) is 0 Å². The molecule has 2 aromatic heterocycles. The van der Waals surface area contributed by atoms with Crippen LogP contribution in [0.3, 0.4) is 0 Å². The van der Waals surface area contributed by atoms with Gasteiger partial charge in [0.25, 0.3) is 0 Å². The van der Waals surface area contributed by atoms with Crippen molar-refractivity contribution in [2.45, 2.75) is 33.7 Å². The Kier molecular flexibility index (Phi) is 5.60. The van der Waals surface area contributed by atoms with Gasteiger partial charge in [-0.25, -0.2) is 9.55 Å². The zero-order chi connectivity index (χ0) is 15.0. The van der Waals surface area contributed by atoms with Gasteiger partial charge in [-0.3, -0.25) is 0 Å². The molecule has 116 valence electrons. The van der Waals surface area contributed by atoms with Gasteiger partial charge in [-0.15, -0.1) is 0 Å². The number of hydrogen-bond acceptors (Lipinski definition) is 2. The van der Waals surface area contributed by atoms with Crippen LogP contribution in [0.4, 0.5) is 0 Å². The number of halogens is 2. The van der Waals surface area contributed by atoms with Crippen molar-refractivity contribution in [3.8, 4) is 11.5 Å². The van der Waals surface area contributed by atoms with E-state index in [1.54, 1.807) is 0 Å². The first-order valence-electron chi connectivity index (χ1n) is 7.14. The smallest absolute Gasteiger partial charge is 0.233 e. The maximum absolute atomic E-state index is 5.93. The SMILES string of the molecule is CCC[n+]1cc(Br)cc(-c2nc3cc(C)c(C)cc3o2)c1.[I-]. The first kappa shape index (κ1) is 17.4. The molecule has 0 N–H and O–H groups in total. The van der Waals surface area contributed by atoms with Crippen LogP contribution in [-0.4, -0.2) is 4.98 Å². The molecule has 22 heavy (non-hydrogen) atoms. The minimum absolute atomic E-state index is 0. The van der Waals surface area contributed by atoms with Gasteiger partial charge in [0.15, 0.2) is 18.0 Å². The molecule has 2 heterocycles. The number of nitrogens with zero attached hydrogens (tertiary/aromatic N) is 2. The van der Waals surface area contributed by atoms with Crippen LogP contribution in [0.5, 0.6) is 0 Å². The van der Waals surface area contributed by atoms with E-state index in [4.69, 9.17) is 4.42 Å². The van der Waals surface area contributed by atoms with Gasteiger partial charge in [-0.2, -0.15) is 0 Å². The van der Waals surface area contributed by atoms with Gasteiger partial charge in [0.1, 0.15) is 17.6 Å². The minimum atomic E-state index is 0. The second kappa shape index (κ2) is 7.08. The van der Waals surface area contributed by atoms with Crippen LogP contribution >= 0.6 is 15.9 Å². The largest absolute Gasteiger partial charge is 1.00 e. The van der Waals surface area contributed by atoms with Crippen molar-refractivity contribution >= 4 is 27.0 Å². The molecule has 3 aromatic rings. The summed E-state index contributed by atoms with van der Waals surface area (Å²) in [4.78, 5) is 4.63. The molecular weight excluding hydrogens is 455 g/mol. The predicted molar refractivity (Wildman–Crippen MR) is 87.1 cm³/mol. The highest BCUT2D eigenvalue weighted by molar-refractivity contribution is 9.10. The van der Waals surface area contributed by atoms with Gasteiger partial charge in [0, 0.05) is 6.42 Å². The van der Waals surface area contributed by atoms with Gasteiger partial charge < -0.3 is 28.4 Å². The van der Waals surface area contributed by atoms with Gasteiger partial charge in [0.05, 0.1) is 4.47 Å². The van der Waals surface area contributed by atoms with Crippen LogP contribution in [0.15, 0.2) is 39.5 Å². The van der Waals surface area contributed by atoms with E-state index >= 15 is 0 Å². The quantitative estimate of drug-likeness (QED) is 0.428. The van der Waals surface area contributed by atoms with Crippen molar-refractivity contribution in [2.75, 3.05) is 0 Å². The molecule has 0 fully saturated rings. The molecule has 0 saturated heterocycles. The summed E-state index contributed by atoms with van der Waals surface area (Å²) >= 11 is 3.56. The first-order chi connectivity index (χ1) is 10.1. The lowest BCUT2D eigenvalue weighted by molar-refractivity contribution is -0.697. The maximum atomic E-state index is 5.93. The van der Waals surface area contributed by atoms with Crippen molar-refractivity contribution < 1.29 is 33.0 Å². The number of rotatable bonds is 3. The van der Waals surface area contributed by atoms with E-state index in [2.05, 4.69) is 70.8 Å². The summed E-state index contributed by atoms with van der Waals surface area (Å²) in [5.41, 5.74) is 5.20. The monoisotopic (exact) mass is 472 g/mol. The summed E-state index contributed by atoms with van der Waals surface area (Å²) in [6.45, 7) is 7.33. The molecule has 0 aliphatic carbocycles. The molecule has 0 saturated carbocycles. The van der Waals surface area contributed by atoms with E-state index in [0.29, 0.717) is 5.89 Å². The van der Waals surface area contributed by atoms with E-state index in [1.165, 1.54) is 11.1 Å². The maximum Gasteiger partial charge on any atom is 0.233 e. The fourth-order valence-corrected chi connectivity index (χ4v) is 2.91. The predicted octanol–water partition coefficient (Wildman–Crippen LogP) is 1.58. The lowest BCUT2D eigenvalue weighted by Crippen LogP contribution is -3.00. The zero-order valence-electron chi connectivity index (χ0n) is 12.9. The van der Waals surface area contributed by atoms with E-state index in [1.807, 2.05) is 6.07 Å². The molecule has 5 heteroatoms. The van der Waals surface area contributed by atoms with E-state index in [0.717, 1.165) is 34.1 Å². The number of fused-ring (bicyclic) bond motifs is 1. The van der Waals surface area contributed by atoms with Crippen molar-refractivity contribution in [1.29, 1.82) is 0 Å². The number of pyridine rings is 1. The lowest BCUT2D eigenvalue weighted by Gasteiger charge is -1.98. The van der Waals surface area contributed by atoms with Crippen LogP contribution in [0.1, 0.15) is 24.5 Å². The molecule has 3 rings (SSSR count). The van der Waals surface area contributed by atoms with Gasteiger partial charge in [0.2, 0.25) is 5.89 Å². The highest BCUT2D eigenvalue weighted by Gasteiger charge is 2.14. The average Bonchev–Trinajstić information content (AvgIpc) is 2.82. The third kappa shape index (κ3) is 3.51. The van der Waals surface area contributed by atoms with Crippen LogP contribution in [-0.2, 0) is 6.54 Å². The molecule has 0 unspecified atom stereocenters. The summed E-state index contributed by atoms with van der Waals surface area (Å²) in [5.74, 6) is 0.668. The van der Waals surface area contributed by atoms with Crippen molar-refractivity contribution in [2.24, 2.45) is 0 Å². The van der Waals surface area contributed by atoms with Crippen LogP contribution in [0, 0.1) is 13.8 Å². The van der Waals surface area contributed by atoms with Crippen molar-refractivity contribution in [3.05, 3.63) is 46.2 Å². The van der Waals surface area contributed by atoms with E-state index in [-0.39, 0.29) is 24.0 Å². The summed E-state index contributed by atoms with van der Waals surface area (Å²) in [6.07, 6.45) is 5.25. The number of hydrogen-bond donors (Lipinski definition) is 0. The molecule has 0 aliphatic rings. The fraction of sp³-hybridized carbons (Fsp3) is 0.294. The highest BCUT2D eigenvalue weighted by Crippen LogP contribution is 2.27. The second-order valence-corrected chi connectivity index (χ2v) is 6.32. The number of benzene rings is 1. The van der Waals surface area contributed by atoms with Crippen LogP contribution in [0.2, 0.25) is 0 Å². The Morgan fingerprint density at radius 3 is 2.59 bits per heavy atom. The third-order valence-electron chi connectivity index (χ3n) is 3.62. The number of aryl methyl sites for hydroxylation is 3. The molecule has 3 nitrogen and oxygen atoms in total. The third-order valence-corrected chi connectivity index (χ3v) is 4.05. The zero-order valence-corrected chi connectivity index (χ0v) is 16.6. The standard InChI is InChI=1S/C17H18BrN2O.HI/c1-4-5-20-9-13(8-14(18)10-20)17-19-15-6-11(2)12(3)7-16(15)21-17;/h6-10H,4-5H2,1-3H3;1H/q+1;/p-1. The Morgan fingerprint density at radius 2 is 1.86 bits per heavy atom. The highest BCUT2D eigenvalue weighted by atomic mass is 127. The number of oxazole rings is 1. The summed E-state index contributed by atoms with van der Waals surface area (Å²) in [5, 5.41) is 0. The number of aromatic nitrogens is 2. The Labute approximate surface area is 155 Å². The molecule has 0 amide bonds. The summed E-state index contributed by atoms with van der Waals surface area (Å²) in [7, 11) is 0. The van der Waals surface area contributed by atoms with E-state index in [9.17, 15) is 0 Å². The van der Waals surface area contributed by atoms with Gasteiger partial charge in [-0.1, -0.05) is 6.92 Å². The molecule has 0 atom stereocenters. The normalized spacial score (nSPS) is 10.7. The molecular formula is C17H18BrIN2O. The first-order valence-corrected chi connectivity index (χ1v) is 7.94. The molecule has 0 radical (unpaired) electrons. The Hall–Kier alpha value is -0.950. The van der Waals surface area contributed by atoms with Gasteiger partial charge in [-0.05, 0) is 59.1 Å². The topological polar surface area (TPSA) is 29.9 Å². The van der Waals surface area contributed by atoms with Crippen LogP contribution in [0.25, 0.3) is 22.6 Å². The molecule has 0 bridgehead atoms. The average molecular weight is 473 g/mol. The molecule has 0 aliphatic heterocycles. The Morgan fingerprint density at radius 1 is 1.14 bits per heavy atom. The van der Waals surface area contributed by atoms with Crippen molar-refractivity contribution in [1.82, 2.24) is 4.98 Å².